The zero-order valence-corrected chi connectivity index (χ0v) is 8.07. The Morgan fingerprint density at radius 1 is 1.29 bits per heavy atom. The van der Waals surface area contributed by atoms with Gasteiger partial charge in [0.15, 0.2) is 0 Å². The van der Waals surface area contributed by atoms with Crippen LogP contribution in [-0.2, 0) is 0 Å². The zero-order valence-electron chi connectivity index (χ0n) is 8.07. The van der Waals surface area contributed by atoms with E-state index < -0.39 is 0 Å². The summed E-state index contributed by atoms with van der Waals surface area (Å²) in [5.41, 5.74) is 6.83. The van der Waals surface area contributed by atoms with Gasteiger partial charge in [0.25, 0.3) is 0 Å². The van der Waals surface area contributed by atoms with Crippen molar-refractivity contribution >= 4 is 11.7 Å². The fourth-order valence-corrected chi connectivity index (χ4v) is 1.82. The van der Waals surface area contributed by atoms with Gasteiger partial charge in [-0.15, -0.1) is 0 Å². The fourth-order valence-electron chi connectivity index (χ4n) is 1.82. The highest BCUT2D eigenvalue weighted by atomic mass is 15.0. The maximum absolute atomic E-state index is 7.74. The van der Waals surface area contributed by atoms with Gasteiger partial charge in [0.1, 0.15) is 11.7 Å². The molecule has 1 aromatic carbocycles. The van der Waals surface area contributed by atoms with Crippen molar-refractivity contribution in [3.05, 3.63) is 35.9 Å². The van der Waals surface area contributed by atoms with E-state index in [9.17, 15) is 0 Å². The third kappa shape index (κ3) is 1.31. The van der Waals surface area contributed by atoms with Crippen LogP contribution in [-0.4, -0.2) is 11.7 Å². The second-order valence-corrected chi connectivity index (χ2v) is 3.60. The Bertz CT molecular complexity index is 381. The molecule has 72 valence electrons. The van der Waals surface area contributed by atoms with Crippen molar-refractivity contribution in [2.24, 2.45) is 16.6 Å². The van der Waals surface area contributed by atoms with E-state index >= 15 is 0 Å². The predicted octanol–water partition coefficient (Wildman–Crippen LogP) is 1.75. The quantitative estimate of drug-likeness (QED) is 0.691. The van der Waals surface area contributed by atoms with Crippen molar-refractivity contribution < 1.29 is 0 Å². The van der Waals surface area contributed by atoms with Crippen molar-refractivity contribution in [3.8, 4) is 0 Å². The molecule has 3 heteroatoms. The van der Waals surface area contributed by atoms with Crippen LogP contribution in [0.15, 0.2) is 35.3 Å². The van der Waals surface area contributed by atoms with E-state index in [-0.39, 0.29) is 11.8 Å². The molecule has 3 nitrogen and oxygen atoms in total. The lowest BCUT2D eigenvalue weighted by Gasteiger charge is -2.14. The molecule has 0 bridgehead atoms. The Hall–Kier alpha value is -1.64. The Balaban J connectivity index is 2.34. The summed E-state index contributed by atoms with van der Waals surface area (Å²) in [6.45, 7) is 2.01. The van der Waals surface area contributed by atoms with Gasteiger partial charge in [-0.25, -0.2) is 4.99 Å². The lowest BCUT2D eigenvalue weighted by atomic mass is 9.88. The van der Waals surface area contributed by atoms with Gasteiger partial charge >= 0.3 is 0 Å². The van der Waals surface area contributed by atoms with E-state index in [1.165, 1.54) is 0 Å². The molecule has 3 N–H and O–H groups in total. The molecule has 0 spiro atoms. The lowest BCUT2D eigenvalue weighted by Crippen LogP contribution is -2.21. The minimum atomic E-state index is 0.0381. The monoisotopic (exact) mass is 187 g/mol. The summed E-state index contributed by atoms with van der Waals surface area (Å²) in [6, 6.07) is 9.96. The van der Waals surface area contributed by atoms with Crippen molar-refractivity contribution in [1.29, 1.82) is 5.41 Å². The Morgan fingerprint density at radius 2 is 1.93 bits per heavy atom. The van der Waals surface area contributed by atoms with Crippen LogP contribution in [0.2, 0.25) is 0 Å². The zero-order chi connectivity index (χ0) is 10.1. The average Bonchev–Trinajstić information content (AvgIpc) is 2.43. The van der Waals surface area contributed by atoms with Gasteiger partial charge < -0.3 is 5.73 Å². The molecular formula is C11H13N3. The predicted molar refractivity (Wildman–Crippen MR) is 57.7 cm³/mol. The van der Waals surface area contributed by atoms with Crippen LogP contribution in [0.5, 0.6) is 0 Å². The molecule has 0 radical (unpaired) electrons. The van der Waals surface area contributed by atoms with E-state index in [2.05, 4.69) is 4.99 Å². The fraction of sp³-hybridized carbons (Fsp3) is 0.273. The minimum Gasteiger partial charge on any atom is -0.387 e. The number of hydrogen-bond acceptors (Lipinski definition) is 2. The van der Waals surface area contributed by atoms with E-state index in [4.69, 9.17) is 11.1 Å². The summed E-state index contributed by atoms with van der Waals surface area (Å²) in [6.07, 6.45) is 0. The number of nitrogens with one attached hydrogen (secondary N) is 1. The molecule has 1 aliphatic heterocycles. The number of benzene rings is 1. The Kier molecular flexibility index (Phi) is 2.08. The summed E-state index contributed by atoms with van der Waals surface area (Å²) in [7, 11) is 0. The number of hydrogen-bond donors (Lipinski definition) is 2. The highest BCUT2D eigenvalue weighted by Crippen LogP contribution is 2.30. The molecule has 14 heavy (non-hydrogen) atoms. The Morgan fingerprint density at radius 3 is 2.43 bits per heavy atom. The van der Waals surface area contributed by atoms with Crippen molar-refractivity contribution in [1.82, 2.24) is 0 Å². The summed E-state index contributed by atoms with van der Waals surface area (Å²) >= 11 is 0. The summed E-state index contributed by atoms with van der Waals surface area (Å²) in [5.74, 6) is 1.13. The molecular weight excluding hydrogens is 174 g/mol. The van der Waals surface area contributed by atoms with Gasteiger partial charge in [-0.1, -0.05) is 37.3 Å². The van der Waals surface area contributed by atoms with Crippen molar-refractivity contribution in [2.75, 3.05) is 0 Å². The normalized spacial score (nSPS) is 26.4. The van der Waals surface area contributed by atoms with Crippen LogP contribution in [0.3, 0.4) is 0 Å². The second kappa shape index (κ2) is 3.25. The largest absolute Gasteiger partial charge is 0.387 e. The highest BCUT2D eigenvalue weighted by Gasteiger charge is 2.31. The van der Waals surface area contributed by atoms with Gasteiger partial charge in [-0.2, -0.15) is 0 Å². The number of amidine groups is 2. The first kappa shape index (κ1) is 8.94. The number of rotatable bonds is 1. The molecule has 1 aliphatic rings. The molecule has 0 amide bonds. The maximum Gasteiger partial charge on any atom is 0.130 e. The van der Waals surface area contributed by atoms with Crippen LogP contribution in [0.1, 0.15) is 18.4 Å². The van der Waals surface area contributed by atoms with Gasteiger partial charge in [-0.3, -0.25) is 5.41 Å². The van der Waals surface area contributed by atoms with E-state index in [1.54, 1.807) is 0 Å². The summed E-state index contributed by atoms with van der Waals surface area (Å²) in [4.78, 5) is 4.01. The van der Waals surface area contributed by atoms with E-state index in [0.29, 0.717) is 11.7 Å². The third-order valence-corrected chi connectivity index (χ3v) is 2.67. The smallest absolute Gasteiger partial charge is 0.130 e. The van der Waals surface area contributed by atoms with Crippen LogP contribution >= 0.6 is 0 Å². The van der Waals surface area contributed by atoms with Gasteiger partial charge in [-0.05, 0) is 5.56 Å². The number of aliphatic imine (C=N–C) groups is 1. The SMILES string of the molecule is CC1C(N)=NC(=N)C1c1ccccc1. The second-order valence-electron chi connectivity index (χ2n) is 3.60. The minimum absolute atomic E-state index is 0.0381. The first-order chi connectivity index (χ1) is 6.70. The van der Waals surface area contributed by atoms with Gasteiger partial charge in [0.2, 0.25) is 0 Å². The van der Waals surface area contributed by atoms with Crippen LogP contribution < -0.4 is 5.73 Å². The van der Waals surface area contributed by atoms with Crippen LogP contribution in [0.25, 0.3) is 0 Å². The number of nitrogens with two attached hydrogens (primary N) is 1. The maximum atomic E-state index is 7.74. The lowest BCUT2D eigenvalue weighted by molar-refractivity contribution is 0.723. The first-order valence-corrected chi connectivity index (χ1v) is 4.67. The summed E-state index contributed by atoms with van der Waals surface area (Å²) in [5, 5.41) is 7.74. The molecule has 0 fully saturated rings. The molecule has 0 saturated heterocycles. The van der Waals surface area contributed by atoms with E-state index in [0.717, 1.165) is 5.56 Å². The standard InChI is InChI=1S/C11H13N3/c1-7-9(11(13)14-10(7)12)8-5-3-2-4-6-8/h2-7,9H,1H3,(H3,12,13,14). The molecule has 0 saturated carbocycles. The number of nitrogens with zero attached hydrogens (tertiary/aromatic N) is 1. The molecule has 1 heterocycles. The molecule has 0 aliphatic carbocycles. The van der Waals surface area contributed by atoms with Crippen molar-refractivity contribution in [3.63, 3.8) is 0 Å². The molecule has 2 atom stereocenters. The van der Waals surface area contributed by atoms with E-state index in [1.807, 2.05) is 37.3 Å². The summed E-state index contributed by atoms with van der Waals surface area (Å²) < 4.78 is 0. The van der Waals surface area contributed by atoms with Gasteiger partial charge in [0.05, 0.1) is 5.92 Å². The molecule has 1 aromatic rings. The van der Waals surface area contributed by atoms with Crippen LogP contribution in [0, 0.1) is 11.3 Å². The highest BCUT2D eigenvalue weighted by molar-refractivity contribution is 6.07. The van der Waals surface area contributed by atoms with Crippen LogP contribution in [0.4, 0.5) is 0 Å². The van der Waals surface area contributed by atoms with Crippen molar-refractivity contribution in [2.45, 2.75) is 12.8 Å². The third-order valence-electron chi connectivity index (χ3n) is 2.67. The average molecular weight is 187 g/mol. The molecule has 0 aromatic heterocycles. The first-order valence-electron chi connectivity index (χ1n) is 4.67. The topological polar surface area (TPSA) is 62.2 Å². The molecule has 2 rings (SSSR count). The Labute approximate surface area is 83.2 Å². The molecule has 2 unspecified atom stereocenters. The van der Waals surface area contributed by atoms with Gasteiger partial charge in [0, 0.05) is 5.92 Å².